The topological polar surface area (TPSA) is 92.3 Å². The Morgan fingerprint density at radius 1 is 1.22 bits per heavy atom. The second kappa shape index (κ2) is 5.55. The lowest BCUT2D eigenvalue weighted by molar-refractivity contribution is -0.202. The van der Waals surface area contributed by atoms with Crippen molar-refractivity contribution in [2.75, 3.05) is 13.7 Å². The van der Waals surface area contributed by atoms with Crippen molar-refractivity contribution in [2.24, 2.45) is 0 Å². The second-order valence-corrected chi connectivity index (χ2v) is 6.28. The zero-order valence-corrected chi connectivity index (χ0v) is 13.5. The highest BCUT2D eigenvalue weighted by Crippen LogP contribution is 2.41. The number of esters is 1. The minimum absolute atomic E-state index is 0.205. The van der Waals surface area contributed by atoms with Gasteiger partial charge in [-0.1, -0.05) is 6.08 Å². The monoisotopic (exact) mass is 327 g/mol. The summed E-state index contributed by atoms with van der Waals surface area (Å²) in [7, 11) is 1.26. The molecule has 2 saturated heterocycles. The summed E-state index contributed by atoms with van der Waals surface area (Å²) in [6.45, 7) is 5.32. The molecule has 0 radical (unpaired) electrons. The number of ether oxygens (including phenoxy) is 5. The average Bonchev–Trinajstić information content (AvgIpc) is 3.00. The summed E-state index contributed by atoms with van der Waals surface area (Å²) in [6.07, 6.45) is 1.58. The maximum atomic E-state index is 12.1. The van der Waals surface area contributed by atoms with E-state index < -0.39 is 41.9 Å². The van der Waals surface area contributed by atoms with Gasteiger partial charge in [0.15, 0.2) is 5.79 Å². The highest BCUT2D eigenvalue weighted by Gasteiger charge is 2.60. The zero-order valence-electron chi connectivity index (χ0n) is 13.5. The number of fused-ring (bicyclic) bond motifs is 2. The molecule has 8 nitrogen and oxygen atoms in total. The molecule has 0 aromatic carbocycles. The van der Waals surface area contributed by atoms with Crippen molar-refractivity contribution >= 4 is 11.9 Å². The van der Waals surface area contributed by atoms with Gasteiger partial charge in [-0.25, -0.2) is 4.79 Å². The fraction of sp³-hybridized carbons (Fsp3) is 0.733. The summed E-state index contributed by atoms with van der Waals surface area (Å²) in [5.41, 5.74) is 0. The Hall–Kier alpha value is -1.48. The van der Waals surface area contributed by atoms with Gasteiger partial charge in [0.1, 0.15) is 18.3 Å². The number of nitrogens with one attached hydrogen (secondary N) is 1. The first-order valence-electron chi connectivity index (χ1n) is 7.49. The molecule has 8 heteroatoms. The molecule has 2 fully saturated rings. The Morgan fingerprint density at radius 2 is 1.91 bits per heavy atom. The molecule has 1 N–H and O–H groups in total. The minimum Gasteiger partial charge on any atom is -0.465 e. The summed E-state index contributed by atoms with van der Waals surface area (Å²) in [5.74, 6) is -3.20. The predicted molar refractivity (Wildman–Crippen MR) is 76.1 cm³/mol. The van der Waals surface area contributed by atoms with Gasteiger partial charge in [-0.3, -0.25) is 4.79 Å². The van der Waals surface area contributed by atoms with Crippen LogP contribution in [0.25, 0.3) is 0 Å². The molecule has 23 heavy (non-hydrogen) atoms. The largest absolute Gasteiger partial charge is 0.465 e. The van der Waals surface area contributed by atoms with Crippen LogP contribution in [-0.4, -0.2) is 61.5 Å². The van der Waals surface area contributed by atoms with Crippen molar-refractivity contribution in [3.05, 3.63) is 12.2 Å². The quantitative estimate of drug-likeness (QED) is 0.570. The Kier molecular flexibility index (Phi) is 3.96. The summed E-state index contributed by atoms with van der Waals surface area (Å²) in [4.78, 5) is 23.5. The highest BCUT2D eigenvalue weighted by atomic mass is 16.8. The van der Waals surface area contributed by atoms with E-state index in [1.54, 1.807) is 19.9 Å². The molecule has 3 rings (SSSR count). The number of carbonyl (C=O) groups is 2. The van der Waals surface area contributed by atoms with Crippen LogP contribution in [-0.2, 0) is 33.3 Å². The molecule has 0 aromatic rings. The van der Waals surface area contributed by atoms with E-state index in [1.807, 2.05) is 0 Å². The van der Waals surface area contributed by atoms with Crippen molar-refractivity contribution in [1.29, 1.82) is 0 Å². The van der Waals surface area contributed by atoms with Crippen LogP contribution in [0.5, 0.6) is 0 Å². The van der Waals surface area contributed by atoms with Crippen molar-refractivity contribution in [3.8, 4) is 0 Å². The predicted octanol–water partition coefficient (Wildman–Crippen LogP) is -0.134. The molecule has 0 saturated carbocycles. The van der Waals surface area contributed by atoms with E-state index in [1.165, 1.54) is 20.1 Å². The number of hydrogen-bond acceptors (Lipinski definition) is 7. The van der Waals surface area contributed by atoms with Crippen LogP contribution in [0.3, 0.4) is 0 Å². The number of amides is 1. The number of methoxy groups -OCH3 is 1. The molecule has 3 heterocycles. The van der Waals surface area contributed by atoms with Crippen LogP contribution in [0, 0.1) is 0 Å². The molecule has 128 valence electrons. The first kappa shape index (κ1) is 16.4. The minimum atomic E-state index is -1.60. The second-order valence-electron chi connectivity index (χ2n) is 6.28. The average molecular weight is 327 g/mol. The first-order valence-corrected chi connectivity index (χ1v) is 7.49. The standard InChI is InChI=1S/C15H21NO7/c1-8(17)16-9-5-6-15(13(18)19-4)22-11(9)12(23-15)10-7-20-14(2,3)21-10/h5-6,9-12H,7H2,1-4H3,(H,16,17)/t9?,10-,11?,12+,15?/m0/s1. The van der Waals surface area contributed by atoms with E-state index in [0.29, 0.717) is 6.61 Å². The molecule has 3 unspecified atom stereocenters. The molecule has 3 aliphatic heterocycles. The van der Waals surface area contributed by atoms with Gasteiger partial charge < -0.3 is 29.0 Å². The summed E-state index contributed by atoms with van der Waals surface area (Å²) in [5, 5.41) is 2.78. The molecule has 2 bridgehead atoms. The molecular formula is C15H21NO7. The van der Waals surface area contributed by atoms with Gasteiger partial charge in [0.25, 0.3) is 5.79 Å². The van der Waals surface area contributed by atoms with E-state index >= 15 is 0 Å². The van der Waals surface area contributed by atoms with Crippen LogP contribution in [0.1, 0.15) is 20.8 Å². The third kappa shape index (κ3) is 2.87. The van der Waals surface area contributed by atoms with Gasteiger partial charge in [0.05, 0.1) is 19.8 Å². The maximum Gasteiger partial charge on any atom is 0.371 e. The van der Waals surface area contributed by atoms with E-state index in [-0.39, 0.29) is 5.91 Å². The number of hydrogen-bond donors (Lipinski definition) is 1. The lowest BCUT2D eigenvalue weighted by atomic mass is 9.99. The van der Waals surface area contributed by atoms with E-state index in [0.717, 1.165) is 0 Å². The van der Waals surface area contributed by atoms with Crippen LogP contribution < -0.4 is 5.32 Å². The Balaban J connectivity index is 1.87. The van der Waals surface area contributed by atoms with Gasteiger partial charge in [-0.2, -0.15) is 0 Å². The van der Waals surface area contributed by atoms with Crippen LogP contribution in [0.15, 0.2) is 12.2 Å². The Labute approximate surface area is 134 Å². The fourth-order valence-electron chi connectivity index (χ4n) is 3.10. The van der Waals surface area contributed by atoms with Gasteiger partial charge in [-0.05, 0) is 19.9 Å². The van der Waals surface area contributed by atoms with Gasteiger partial charge in [-0.15, -0.1) is 0 Å². The third-order valence-corrected chi connectivity index (χ3v) is 4.06. The molecule has 0 spiro atoms. The molecule has 1 amide bonds. The van der Waals surface area contributed by atoms with Crippen LogP contribution in [0.2, 0.25) is 0 Å². The van der Waals surface area contributed by atoms with Crippen molar-refractivity contribution in [2.45, 2.75) is 56.7 Å². The highest BCUT2D eigenvalue weighted by molar-refractivity contribution is 5.81. The van der Waals surface area contributed by atoms with E-state index in [4.69, 9.17) is 23.7 Å². The molecule has 0 aliphatic carbocycles. The lowest BCUT2D eigenvalue weighted by Gasteiger charge is -2.29. The third-order valence-electron chi connectivity index (χ3n) is 4.06. The molecule has 0 aromatic heterocycles. The molecule has 5 atom stereocenters. The molecular weight excluding hydrogens is 306 g/mol. The molecule has 3 aliphatic rings. The Bertz CT molecular complexity index is 546. The van der Waals surface area contributed by atoms with Crippen molar-refractivity contribution in [3.63, 3.8) is 0 Å². The summed E-state index contributed by atoms with van der Waals surface area (Å²) < 4.78 is 27.9. The van der Waals surface area contributed by atoms with Gasteiger partial charge in [0.2, 0.25) is 5.91 Å². The van der Waals surface area contributed by atoms with Crippen molar-refractivity contribution < 1.29 is 33.3 Å². The van der Waals surface area contributed by atoms with Gasteiger partial charge in [0, 0.05) is 6.92 Å². The normalized spacial score (nSPS) is 40.9. The Morgan fingerprint density at radius 3 is 2.48 bits per heavy atom. The number of carbonyl (C=O) groups excluding carboxylic acids is 2. The smallest absolute Gasteiger partial charge is 0.371 e. The van der Waals surface area contributed by atoms with Gasteiger partial charge >= 0.3 is 5.97 Å². The van der Waals surface area contributed by atoms with E-state index in [2.05, 4.69) is 5.32 Å². The lowest BCUT2D eigenvalue weighted by Crippen LogP contribution is -2.51. The SMILES string of the molecule is COC(=O)C12C=CC(NC(C)=O)C(O1)[C@@H]([C@@H]1COC(C)(C)O1)O2. The van der Waals surface area contributed by atoms with Crippen LogP contribution >= 0.6 is 0 Å². The maximum absolute atomic E-state index is 12.1. The summed E-state index contributed by atoms with van der Waals surface area (Å²) in [6, 6.07) is -0.426. The number of rotatable bonds is 3. The summed E-state index contributed by atoms with van der Waals surface area (Å²) >= 11 is 0. The zero-order chi connectivity index (χ0) is 16.8. The fourth-order valence-corrected chi connectivity index (χ4v) is 3.10. The first-order chi connectivity index (χ1) is 10.8. The van der Waals surface area contributed by atoms with E-state index in [9.17, 15) is 9.59 Å². The van der Waals surface area contributed by atoms with Crippen LogP contribution in [0.4, 0.5) is 0 Å². The van der Waals surface area contributed by atoms with Crippen molar-refractivity contribution in [1.82, 2.24) is 5.32 Å².